The molecule has 0 bridgehead atoms. The van der Waals surface area contributed by atoms with Gasteiger partial charge in [-0.2, -0.15) is 5.10 Å². The molecule has 2 heterocycles. The van der Waals surface area contributed by atoms with E-state index in [1.165, 1.54) is 25.1 Å². The third kappa shape index (κ3) is 3.26. The minimum Gasteiger partial charge on any atom is -0.328 e. The summed E-state index contributed by atoms with van der Waals surface area (Å²) in [6, 6.07) is 3.03. The van der Waals surface area contributed by atoms with Crippen LogP contribution >= 0.6 is 0 Å². The Balaban J connectivity index is 2.19. The van der Waals surface area contributed by atoms with Gasteiger partial charge in [-0.15, -0.1) is 5.10 Å². The van der Waals surface area contributed by atoms with Crippen molar-refractivity contribution in [3.05, 3.63) is 29.6 Å². The third-order valence-corrected chi connectivity index (χ3v) is 3.32. The maximum atomic E-state index is 13.3. The molecule has 18 heavy (non-hydrogen) atoms. The summed E-state index contributed by atoms with van der Waals surface area (Å²) < 4.78 is 15.1. The molecule has 0 aromatic carbocycles. The van der Waals surface area contributed by atoms with E-state index in [9.17, 15) is 4.39 Å². The Morgan fingerprint density at radius 3 is 3.06 bits per heavy atom. The highest BCUT2D eigenvalue weighted by Crippen LogP contribution is 2.16. The van der Waals surface area contributed by atoms with E-state index in [1.54, 1.807) is 6.07 Å². The average Bonchev–Trinajstić information content (AvgIpc) is 2.33. The van der Waals surface area contributed by atoms with Crippen molar-refractivity contribution in [3.8, 4) is 0 Å². The molecule has 4 nitrogen and oxygen atoms in total. The Morgan fingerprint density at radius 1 is 1.50 bits per heavy atom. The zero-order valence-corrected chi connectivity index (χ0v) is 10.7. The molecule has 0 N–H and O–H groups in total. The number of nitrogens with zero attached hydrogens (tertiary/aromatic N) is 4. The predicted molar refractivity (Wildman–Crippen MR) is 69.7 cm³/mol. The molecule has 5 heteroatoms. The van der Waals surface area contributed by atoms with Gasteiger partial charge in [0.25, 0.3) is 0 Å². The fraction of sp³-hybridized carbons (Fsp3) is 0.538. The summed E-state index contributed by atoms with van der Waals surface area (Å²) in [5, 5.41) is 7.45. The molecular formula is C13H19FN4. The molecule has 1 aromatic heterocycles. The molecule has 1 fully saturated rings. The maximum absolute atomic E-state index is 13.3. The Bertz CT molecular complexity index is 480. The maximum Gasteiger partial charge on any atom is 0.155 e. The Kier molecular flexibility index (Phi) is 4.25. The lowest BCUT2D eigenvalue weighted by molar-refractivity contribution is 0.192. The second-order valence-corrected chi connectivity index (χ2v) is 4.87. The number of hydrogen-bond donors (Lipinski definition) is 0. The first kappa shape index (κ1) is 13.0. The molecule has 0 unspecified atom stereocenters. The smallest absolute Gasteiger partial charge is 0.155 e. The molecule has 1 aliphatic rings. The summed E-state index contributed by atoms with van der Waals surface area (Å²) >= 11 is 0. The number of piperidine rings is 1. The van der Waals surface area contributed by atoms with Crippen LogP contribution in [0.2, 0.25) is 0 Å². The minimum atomic E-state index is -0.248. The highest BCUT2D eigenvalue weighted by Gasteiger charge is 2.17. The summed E-state index contributed by atoms with van der Waals surface area (Å²) in [7, 11) is 2.12. The van der Waals surface area contributed by atoms with Crippen molar-refractivity contribution in [1.29, 1.82) is 0 Å². The van der Waals surface area contributed by atoms with E-state index in [-0.39, 0.29) is 5.82 Å². The van der Waals surface area contributed by atoms with Crippen LogP contribution in [-0.4, -0.2) is 36.3 Å². The van der Waals surface area contributed by atoms with Gasteiger partial charge in [0.1, 0.15) is 5.82 Å². The molecule has 0 aliphatic carbocycles. The van der Waals surface area contributed by atoms with Crippen molar-refractivity contribution in [3.63, 3.8) is 0 Å². The molecule has 2 rings (SSSR count). The number of likely N-dealkylation sites (tertiary alicyclic amines) is 1. The van der Waals surface area contributed by atoms with Crippen molar-refractivity contribution < 1.29 is 4.39 Å². The van der Waals surface area contributed by atoms with Gasteiger partial charge in [0.2, 0.25) is 0 Å². The van der Waals surface area contributed by atoms with Crippen molar-refractivity contribution in [2.24, 2.45) is 16.1 Å². The standard InChI is InChI=1S/C13H19FN4/c1-15-16-13-6-5-12(14)10-18(13)9-11-4-3-7-17(2)8-11/h5-6,10-11H,1,3-4,7-9H2,2H3/b16-13-/t11-/m0/s1. The first-order chi connectivity index (χ1) is 8.69. The van der Waals surface area contributed by atoms with Crippen molar-refractivity contribution in [1.82, 2.24) is 9.47 Å². The molecule has 0 amide bonds. The molecule has 1 aromatic rings. The van der Waals surface area contributed by atoms with Crippen molar-refractivity contribution in [2.75, 3.05) is 20.1 Å². The van der Waals surface area contributed by atoms with Gasteiger partial charge in [-0.05, 0) is 44.5 Å². The minimum absolute atomic E-state index is 0.248. The van der Waals surface area contributed by atoms with E-state index < -0.39 is 0 Å². The summed E-state index contributed by atoms with van der Waals surface area (Å²) in [5.74, 6) is 0.288. The molecule has 1 atom stereocenters. The molecule has 98 valence electrons. The number of aromatic nitrogens is 1. The van der Waals surface area contributed by atoms with Crippen LogP contribution < -0.4 is 5.49 Å². The lowest BCUT2D eigenvalue weighted by Gasteiger charge is -2.30. The molecule has 1 aliphatic heterocycles. The van der Waals surface area contributed by atoms with E-state index >= 15 is 0 Å². The normalized spacial score (nSPS) is 22.1. The van der Waals surface area contributed by atoms with E-state index in [1.807, 2.05) is 4.57 Å². The molecule has 1 saturated heterocycles. The van der Waals surface area contributed by atoms with Crippen LogP contribution in [0, 0.1) is 11.7 Å². The molecular weight excluding hydrogens is 231 g/mol. The van der Waals surface area contributed by atoms with E-state index in [2.05, 4.69) is 28.9 Å². The van der Waals surface area contributed by atoms with E-state index in [0.29, 0.717) is 11.4 Å². The highest BCUT2D eigenvalue weighted by atomic mass is 19.1. The summed E-state index contributed by atoms with van der Waals surface area (Å²) in [5.41, 5.74) is 0.652. The van der Waals surface area contributed by atoms with Gasteiger partial charge in [0, 0.05) is 26.0 Å². The summed E-state index contributed by atoms with van der Waals surface area (Å²) in [6.45, 7) is 6.32. The first-order valence-corrected chi connectivity index (χ1v) is 6.23. The second kappa shape index (κ2) is 5.91. The molecule has 0 saturated carbocycles. The fourth-order valence-electron chi connectivity index (χ4n) is 2.52. The number of hydrogen-bond acceptors (Lipinski definition) is 3. The first-order valence-electron chi connectivity index (χ1n) is 6.23. The van der Waals surface area contributed by atoms with Crippen LogP contribution in [0.3, 0.4) is 0 Å². The van der Waals surface area contributed by atoms with Crippen molar-refractivity contribution in [2.45, 2.75) is 19.4 Å². The lowest BCUT2D eigenvalue weighted by atomic mass is 9.98. The van der Waals surface area contributed by atoms with Gasteiger partial charge in [0.15, 0.2) is 5.49 Å². The molecule has 0 spiro atoms. The molecule has 0 radical (unpaired) electrons. The predicted octanol–water partition coefficient (Wildman–Crippen LogP) is 1.49. The van der Waals surface area contributed by atoms with Gasteiger partial charge in [-0.3, -0.25) is 0 Å². The van der Waals surface area contributed by atoms with Gasteiger partial charge in [0.05, 0.1) is 0 Å². The summed E-state index contributed by atoms with van der Waals surface area (Å²) in [4.78, 5) is 2.32. The topological polar surface area (TPSA) is 32.9 Å². The Morgan fingerprint density at radius 2 is 2.33 bits per heavy atom. The monoisotopic (exact) mass is 250 g/mol. The van der Waals surface area contributed by atoms with Crippen LogP contribution in [0.25, 0.3) is 0 Å². The van der Waals surface area contributed by atoms with Gasteiger partial charge < -0.3 is 9.47 Å². The van der Waals surface area contributed by atoms with Gasteiger partial charge in [-0.25, -0.2) is 4.39 Å². The zero-order valence-electron chi connectivity index (χ0n) is 10.7. The lowest BCUT2D eigenvalue weighted by Crippen LogP contribution is -2.36. The average molecular weight is 250 g/mol. The Hall–Kier alpha value is -1.49. The fourth-order valence-corrected chi connectivity index (χ4v) is 2.52. The van der Waals surface area contributed by atoms with E-state index in [4.69, 9.17) is 0 Å². The quantitative estimate of drug-likeness (QED) is 0.591. The van der Waals surface area contributed by atoms with Crippen LogP contribution in [0.5, 0.6) is 0 Å². The van der Waals surface area contributed by atoms with Crippen LogP contribution in [0.15, 0.2) is 28.5 Å². The highest BCUT2D eigenvalue weighted by molar-refractivity contribution is 5.22. The van der Waals surface area contributed by atoms with Crippen LogP contribution in [-0.2, 0) is 6.54 Å². The SMILES string of the molecule is C=N/N=c1/ccc(F)cn1C[C@H]1CCCN(C)C1. The number of rotatable bonds is 3. The number of pyridine rings is 1. The van der Waals surface area contributed by atoms with Crippen LogP contribution in [0.1, 0.15) is 12.8 Å². The summed E-state index contributed by atoms with van der Waals surface area (Å²) in [6.07, 6.45) is 3.86. The van der Waals surface area contributed by atoms with E-state index in [0.717, 1.165) is 19.6 Å². The third-order valence-electron chi connectivity index (χ3n) is 3.32. The number of halogens is 1. The largest absolute Gasteiger partial charge is 0.328 e. The Labute approximate surface area is 106 Å². The van der Waals surface area contributed by atoms with Gasteiger partial charge >= 0.3 is 0 Å². The van der Waals surface area contributed by atoms with Crippen molar-refractivity contribution >= 4 is 6.72 Å². The second-order valence-electron chi connectivity index (χ2n) is 4.87. The van der Waals surface area contributed by atoms with Gasteiger partial charge in [-0.1, -0.05) is 0 Å². The van der Waals surface area contributed by atoms with Crippen LogP contribution in [0.4, 0.5) is 4.39 Å². The zero-order chi connectivity index (χ0) is 13.0.